The lowest BCUT2D eigenvalue weighted by molar-refractivity contribution is 0.517. The predicted octanol–water partition coefficient (Wildman–Crippen LogP) is 3.38. The first kappa shape index (κ1) is 16.9. The van der Waals surface area contributed by atoms with E-state index in [9.17, 15) is 0 Å². The van der Waals surface area contributed by atoms with Gasteiger partial charge >= 0.3 is 0 Å². The van der Waals surface area contributed by atoms with Crippen LogP contribution in [-0.2, 0) is 6.54 Å². The largest absolute Gasteiger partial charge is 0.354 e. The van der Waals surface area contributed by atoms with Crippen molar-refractivity contribution in [3.05, 3.63) is 17.5 Å². The van der Waals surface area contributed by atoms with E-state index in [4.69, 9.17) is 0 Å². The molecule has 4 heteroatoms. The summed E-state index contributed by atoms with van der Waals surface area (Å²) in [6.07, 6.45) is 4.32. The minimum absolute atomic E-state index is 0.664. The number of hydrogen-bond acceptors (Lipinski definition) is 4. The number of rotatable bonds is 9. The van der Waals surface area contributed by atoms with Gasteiger partial charge in [0.15, 0.2) is 0 Å². The third kappa shape index (κ3) is 5.87. The van der Waals surface area contributed by atoms with Crippen LogP contribution in [0.4, 0.5) is 5.95 Å². The first-order valence-electron chi connectivity index (χ1n) is 7.83. The zero-order chi connectivity index (χ0) is 15.0. The second kappa shape index (κ2) is 8.90. The average molecular weight is 278 g/mol. The summed E-state index contributed by atoms with van der Waals surface area (Å²) in [5, 5.41) is 6.78. The second-order valence-electron chi connectivity index (χ2n) is 5.89. The number of anilines is 1. The molecule has 0 aliphatic rings. The van der Waals surface area contributed by atoms with Gasteiger partial charge < -0.3 is 10.6 Å². The SMILES string of the molecule is CCC(CC)CNc1ncc(CNCC(C)C)c(C)n1. The molecule has 0 saturated heterocycles. The Morgan fingerprint density at radius 3 is 2.40 bits per heavy atom. The van der Waals surface area contributed by atoms with Crippen molar-refractivity contribution in [2.45, 2.75) is 54.0 Å². The quantitative estimate of drug-likeness (QED) is 0.727. The molecule has 0 spiro atoms. The molecule has 114 valence electrons. The molecule has 0 bridgehead atoms. The molecule has 1 aromatic heterocycles. The van der Waals surface area contributed by atoms with Crippen LogP contribution in [0.3, 0.4) is 0 Å². The molecule has 0 aromatic carbocycles. The Bertz CT molecular complexity index is 386. The number of hydrogen-bond donors (Lipinski definition) is 2. The monoisotopic (exact) mass is 278 g/mol. The number of aromatic nitrogens is 2. The van der Waals surface area contributed by atoms with E-state index in [0.29, 0.717) is 11.8 Å². The Balaban J connectivity index is 2.50. The molecule has 0 radical (unpaired) electrons. The van der Waals surface area contributed by atoms with E-state index >= 15 is 0 Å². The fourth-order valence-corrected chi connectivity index (χ4v) is 2.06. The van der Waals surface area contributed by atoms with Gasteiger partial charge in [-0.2, -0.15) is 0 Å². The van der Waals surface area contributed by atoms with Crippen molar-refractivity contribution in [3.63, 3.8) is 0 Å². The van der Waals surface area contributed by atoms with E-state index < -0.39 is 0 Å². The lowest BCUT2D eigenvalue weighted by Crippen LogP contribution is -2.20. The van der Waals surface area contributed by atoms with Crippen LogP contribution in [0.25, 0.3) is 0 Å². The highest BCUT2D eigenvalue weighted by Gasteiger charge is 2.06. The molecule has 0 unspecified atom stereocenters. The predicted molar refractivity (Wildman–Crippen MR) is 85.9 cm³/mol. The maximum Gasteiger partial charge on any atom is 0.222 e. The van der Waals surface area contributed by atoms with Gasteiger partial charge in [0.1, 0.15) is 0 Å². The second-order valence-corrected chi connectivity index (χ2v) is 5.89. The summed E-state index contributed by atoms with van der Waals surface area (Å²) in [7, 11) is 0. The standard InChI is InChI=1S/C16H30N4/c1-6-14(7-2)9-18-16-19-11-15(13(5)20-16)10-17-8-12(3)4/h11-12,14,17H,6-10H2,1-5H3,(H,18,19,20). The third-order valence-corrected chi connectivity index (χ3v) is 3.65. The summed E-state index contributed by atoms with van der Waals surface area (Å²) >= 11 is 0. The van der Waals surface area contributed by atoms with Crippen LogP contribution >= 0.6 is 0 Å². The van der Waals surface area contributed by atoms with Crippen LogP contribution in [0.1, 0.15) is 51.8 Å². The number of aryl methyl sites for hydroxylation is 1. The van der Waals surface area contributed by atoms with Gasteiger partial charge in [-0.25, -0.2) is 9.97 Å². The van der Waals surface area contributed by atoms with Gasteiger partial charge in [0, 0.05) is 30.5 Å². The van der Waals surface area contributed by atoms with Crippen molar-refractivity contribution in [2.24, 2.45) is 11.8 Å². The summed E-state index contributed by atoms with van der Waals surface area (Å²) in [5.74, 6) is 2.12. The minimum atomic E-state index is 0.664. The maximum atomic E-state index is 4.55. The van der Waals surface area contributed by atoms with Gasteiger partial charge in [-0.15, -0.1) is 0 Å². The zero-order valence-corrected chi connectivity index (χ0v) is 13.7. The van der Waals surface area contributed by atoms with Crippen molar-refractivity contribution in [2.75, 3.05) is 18.4 Å². The van der Waals surface area contributed by atoms with E-state index in [-0.39, 0.29) is 0 Å². The summed E-state index contributed by atoms with van der Waals surface area (Å²) in [5.41, 5.74) is 2.24. The highest BCUT2D eigenvalue weighted by atomic mass is 15.1. The van der Waals surface area contributed by atoms with Crippen LogP contribution in [0.15, 0.2) is 6.20 Å². The molecule has 1 heterocycles. The van der Waals surface area contributed by atoms with Crippen molar-refractivity contribution < 1.29 is 0 Å². The molecular weight excluding hydrogens is 248 g/mol. The van der Waals surface area contributed by atoms with E-state index in [0.717, 1.165) is 31.3 Å². The molecule has 1 rings (SSSR count). The van der Waals surface area contributed by atoms with Gasteiger partial charge in [0.25, 0.3) is 0 Å². The fourth-order valence-electron chi connectivity index (χ4n) is 2.06. The molecule has 4 nitrogen and oxygen atoms in total. The van der Waals surface area contributed by atoms with Crippen molar-refractivity contribution in [1.29, 1.82) is 0 Å². The topological polar surface area (TPSA) is 49.8 Å². The number of nitrogens with one attached hydrogen (secondary N) is 2. The fraction of sp³-hybridized carbons (Fsp3) is 0.750. The van der Waals surface area contributed by atoms with Crippen LogP contribution < -0.4 is 10.6 Å². The molecule has 1 aromatic rings. The Morgan fingerprint density at radius 2 is 1.85 bits per heavy atom. The third-order valence-electron chi connectivity index (χ3n) is 3.65. The summed E-state index contributed by atoms with van der Waals surface area (Å²) < 4.78 is 0. The van der Waals surface area contributed by atoms with Gasteiger partial charge in [0.05, 0.1) is 0 Å². The lowest BCUT2D eigenvalue weighted by atomic mass is 10.0. The summed E-state index contributed by atoms with van der Waals surface area (Å²) in [6, 6.07) is 0. The normalized spacial score (nSPS) is 11.3. The van der Waals surface area contributed by atoms with Crippen LogP contribution in [-0.4, -0.2) is 23.1 Å². The minimum Gasteiger partial charge on any atom is -0.354 e. The molecular formula is C16H30N4. The highest BCUT2D eigenvalue weighted by Crippen LogP contribution is 2.10. The Kier molecular flexibility index (Phi) is 7.52. The number of nitrogens with zero attached hydrogens (tertiary/aromatic N) is 2. The van der Waals surface area contributed by atoms with Gasteiger partial charge in [-0.1, -0.05) is 40.5 Å². The maximum absolute atomic E-state index is 4.55. The smallest absolute Gasteiger partial charge is 0.222 e. The Labute approximate surface area is 123 Å². The van der Waals surface area contributed by atoms with E-state index in [2.05, 4.69) is 55.2 Å². The molecule has 0 fully saturated rings. The van der Waals surface area contributed by atoms with E-state index in [1.807, 2.05) is 6.20 Å². The van der Waals surface area contributed by atoms with E-state index in [1.54, 1.807) is 0 Å². The molecule has 0 saturated carbocycles. The Hall–Kier alpha value is -1.16. The van der Waals surface area contributed by atoms with Crippen LogP contribution in [0, 0.1) is 18.8 Å². The molecule has 2 N–H and O–H groups in total. The molecule has 0 aliphatic heterocycles. The van der Waals surface area contributed by atoms with Gasteiger partial charge in [-0.3, -0.25) is 0 Å². The average Bonchev–Trinajstić information content (AvgIpc) is 2.42. The van der Waals surface area contributed by atoms with Crippen LogP contribution in [0.5, 0.6) is 0 Å². The lowest BCUT2D eigenvalue weighted by Gasteiger charge is -2.14. The summed E-state index contributed by atoms with van der Waals surface area (Å²) in [6.45, 7) is 13.7. The summed E-state index contributed by atoms with van der Waals surface area (Å²) in [4.78, 5) is 8.96. The van der Waals surface area contributed by atoms with Gasteiger partial charge in [-0.05, 0) is 25.3 Å². The van der Waals surface area contributed by atoms with Crippen LogP contribution in [0.2, 0.25) is 0 Å². The molecule has 0 atom stereocenters. The van der Waals surface area contributed by atoms with E-state index in [1.165, 1.54) is 18.4 Å². The highest BCUT2D eigenvalue weighted by molar-refractivity contribution is 5.29. The molecule has 0 amide bonds. The first-order chi connectivity index (χ1) is 9.56. The Morgan fingerprint density at radius 1 is 1.15 bits per heavy atom. The van der Waals surface area contributed by atoms with Crippen molar-refractivity contribution in [1.82, 2.24) is 15.3 Å². The van der Waals surface area contributed by atoms with Crippen molar-refractivity contribution in [3.8, 4) is 0 Å². The molecule has 20 heavy (non-hydrogen) atoms. The van der Waals surface area contributed by atoms with Crippen molar-refractivity contribution >= 4 is 5.95 Å². The van der Waals surface area contributed by atoms with Gasteiger partial charge in [0.2, 0.25) is 5.95 Å². The molecule has 0 aliphatic carbocycles. The zero-order valence-electron chi connectivity index (χ0n) is 13.7. The first-order valence-corrected chi connectivity index (χ1v) is 7.83.